The lowest BCUT2D eigenvalue weighted by Gasteiger charge is -2.28. The van der Waals surface area contributed by atoms with Gasteiger partial charge in [0.25, 0.3) is 0 Å². The van der Waals surface area contributed by atoms with Crippen LogP contribution in [0.1, 0.15) is 23.6 Å². The first kappa shape index (κ1) is 16.8. The van der Waals surface area contributed by atoms with Crippen LogP contribution in [0.15, 0.2) is 60.0 Å². The van der Waals surface area contributed by atoms with Crippen LogP contribution in [0.25, 0.3) is 0 Å². The molecule has 0 spiro atoms. The topological polar surface area (TPSA) is 37.4 Å². The molecule has 0 amide bonds. The van der Waals surface area contributed by atoms with E-state index in [9.17, 15) is 17.2 Å². The van der Waals surface area contributed by atoms with Crippen molar-refractivity contribution in [1.82, 2.24) is 4.31 Å². The van der Waals surface area contributed by atoms with Gasteiger partial charge in [-0.1, -0.05) is 30.3 Å². The van der Waals surface area contributed by atoms with Gasteiger partial charge in [0, 0.05) is 12.6 Å². The summed E-state index contributed by atoms with van der Waals surface area (Å²) in [5.74, 6) is -1.84. The number of nitrogens with zero attached hydrogens (tertiary/aromatic N) is 1. The van der Waals surface area contributed by atoms with Gasteiger partial charge in [0.1, 0.15) is 11.6 Å². The first-order chi connectivity index (χ1) is 11.4. The Morgan fingerprint density at radius 3 is 2.50 bits per heavy atom. The zero-order chi connectivity index (χ0) is 17.3. The second-order valence-corrected chi connectivity index (χ2v) is 7.61. The quantitative estimate of drug-likeness (QED) is 0.770. The highest BCUT2D eigenvalue weighted by Gasteiger charge is 2.35. The summed E-state index contributed by atoms with van der Waals surface area (Å²) in [7, 11) is -4.05. The first-order valence-corrected chi connectivity index (χ1v) is 9.04. The summed E-state index contributed by atoms with van der Waals surface area (Å²) in [6, 6.07) is 9.61. The van der Waals surface area contributed by atoms with E-state index < -0.39 is 21.7 Å². The average molecular weight is 349 g/mol. The molecule has 1 aliphatic rings. The van der Waals surface area contributed by atoms with E-state index in [2.05, 4.69) is 6.58 Å². The Morgan fingerprint density at radius 2 is 1.83 bits per heavy atom. The van der Waals surface area contributed by atoms with E-state index >= 15 is 0 Å². The van der Waals surface area contributed by atoms with Crippen LogP contribution < -0.4 is 0 Å². The Kier molecular flexibility index (Phi) is 4.51. The molecule has 24 heavy (non-hydrogen) atoms. The molecule has 0 saturated heterocycles. The number of fused-ring (bicyclic) bond motifs is 1. The van der Waals surface area contributed by atoms with Crippen molar-refractivity contribution in [3.8, 4) is 0 Å². The molecular formula is C18H17F2NO2S. The lowest BCUT2D eigenvalue weighted by molar-refractivity contribution is 0.348. The Morgan fingerprint density at radius 1 is 1.17 bits per heavy atom. The van der Waals surface area contributed by atoms with Crippen LogP contribution in [-0.2, 0) is 16.4 Å². The minimum Gasteiger partial charge on any atom is -0.207 e. The van der Waals surface area contributed by atoms with Gasteiger partial charge >= 0.3 is 0 Å². The molecule has 1 unspecified atom stereocenters. The van der Waals surface area contributed by atoms with Crippen LogP contribution >= 0.6 is 0 Å². The van der Waals surface area contributed by atoms with Gasteiger partial charge in [0.2, 0.25) is 10.0 Å². The highest BCUT2D eigenvalue weighted by atomic mass is 32.2. The van der Waals surface area contributed by atoms with Crippen molar-refractivity contribution in [1.29, 1.82) is 0 Å². The smallest absolute Gasteiger partial charge is 0.207 e. The fraction of sp³-hybridized carbons (Fsp3) is 0.222. The highest BCUT2D eigenvalue weighted by Crippen LogP contribution is 2.38. The fourth-order valence-corrected chi connectivity index (χ4v) is 4.82. The number of hydrogen-bond donors (Lipinski definition) is 0. The van der Waals surface area contributed by atoms with E-state index in [1.165, 1.54) is 10.4 Å². The zero-order valence-corrected chi connectivity index (χ0v) is 13.8. The van der Waals surface area contributed by atoms with Gasteiger partial charge in [-0.25, -0.2) is 17.2 Å². The predicted octanol–water partition coefficient (Wildman–Crippen LogP) is 3.83. The van der Waals surface area contributed by atoms with Gasteiger partial charge in [-0.3, -0.25) is 0 Å². The van der Waals surface area contributed by atoms with Crippen molar-refractivity contribution in [3.63, 3.8) is 0 Å². The van der Waals surface area contributed by atoms with Crippen LogP contribution in [0.4, 0.5) is 8.78 Å². The maximum absolute atomic E-state index is 13.5. The van der Waals surface area contributed by atoms with E-state index in [0.29, 0.717) is 12.5 Å². The molecule has 0 saturated carbocycles. The van der Waals surface area contributed by atoms with Crippen molar-refractivity contribution < 1.29 is 17.2 Å². The number of rotatable bonds is 5. The Hall–Kier alpha value is -2.05. The van der Waals surface area contributed by atoms with Crippen molar-refractivity contribution in [2.45, 2.75) is 23.8 Å². The molecule has 2 aromatic rings. The summed E-state index contributed by atoms with van der Waals surface area (Å²) in [5, 5.41) is 0. The van der Waals surface area contributed by atoms with Gasteiger partial charge in [0.15, 0.2) is 0 Å². The van der Waals surface area contributed by atoms with Gasteiger partial charge in [-0.15, -0.1) is 6.58 Å². The third-order valence-corrected chi connectivity index (χ3v) is 6.05. The minimum atomic E-state index is -4.05. The molecule has 0 fully saturated rings. The molecule has 3 rings (SSSR count). The van der Waals surface area contributed by atoms with Crippen LogP contribution in [0.2, 0.25) is 0 Å². The summed E-state index contributed by atoms with van der Waals surface area (Å²) in [6.07, 6.45) is 2.87. The molecule has 0 radical (unpaired) electrons. The minimum absolute atomic E-state index is 0.0689. The van der Waals surface area contributed by atoms with Crippen LogP contribution in [0.3, 0.4) is 0 Å². The monoisotopic (exact) mass is 349 g/mol. The Labute approximate surface area is 140 Å². The molecule has 1 aliphatic carbocycles. The van der Waals surface area contributed by atoms with Crippen molar-refractivity contribution >= 4 is 10.0 Å². The molecule has 2 aromatic carbocycles. The molecular weight excluding hydrogens is 332 g/mol. The SMILES string of the molecule is C=CCN(C1CCc2ccccc21)S(=O)(=O)c1cc(F)cc(F)c1. The van der Waals surface area contributed by atoms with Crippen molar-refractivity contribution in [2.75, 3.05) is 6.54 Å². The number of hydrogen-bond acceptors (Lipinski definition) is 2. The maximum atomic E-state index is 13.5. The molecule has 6 heteroatoms. The third-order valence-electron chi connectivity index (χ3n) is 4.20. The summed E-state index contributed by atoms with van der Waals surface area (Å²) in [4.78, 5) is -0.383. The second kappa shape index (κ2) is 6.45. The van der Waals surface area contributed by atoms with Gasteiger partial charge in [-0.05, 0) is 36.1 Å². The molecule has 3 nitrogen and oxygen atoms in total. The number of halogens is 2. The molecule has 0 bridgehead atoms. The van der Waals surface area contributed by atoms with Crippen LogP contribution in [0.5, 0.6) is 0 Å². The van der Waals surface area contributed by atoms with Crippen molar-refractivity contribution in [3.05, 3.63) is 77.9 Å². The molecule has 0 N–H and O–H groups in total. The average Bonchev–Trinajstić information content (AvgIpc) is 2.95. The van der Waals surface area contributed by atoms with Gasteiger partial charge in [-0.2, -0.15) is 4.31 Å². The number of aryl methyl sites for hydroxylation is 1. The van der Waals surface area contributed by atoms with E-state index in [4.69, 9.17) is 0 Å². The van der Waals surface area contributed by atoms with Gasteiger partial charge in [0.05, 0.1) is 10.9 Å². The normalized spacial score (nSPS) is 17.0. The largest absolute Gasteiger partial charge is 0.244 e. The lowest BCUT2D eigenvalue weighted by Crippen LogP contribution is -2.34. The summed E-state index contributed by atoms with van der Waals surface area (Å²) in [6.45, 7) is 3.68. The van der Waals surface area contributed by atoms with E-state index in [1.807, 2.05) is 24.3 Å². The molecule has 0 heterocycles. The number of benzene rings is 2. The van der Waals surface area contributed by atoms with E-state index in [0.717, 1.165) is 29.7 Å². The Balaban J connectivity index is 2.07. The molecule has 126 valence electrons. The first-order valence-electron chi connectivity index (χ1n) is 7.60. The molecule has 1 atom stereocenters. The van der Waals surface area contributed by atoms with Gasteiger partial charge < -0.3 is 0 Å². The predicted molar refractivity (Wildman–Crippen MR) is 88.0 cm³/mol. The second-order valence-electron chi connectivity index (χ2n) is 5.72. The fourth-order valence-electron chi connectivity index (χ4n) is 3.17. The standard InChI is InChI=1S/C18H17F2NO2S/c1-2-9-21(18-8-7-13-5-3-4-6-17(13)18)24(22,23)16-11-14(19)10-15(20)12-16/h2-6,10-12,18H,1,7-9H2. The summed E-state index contributed by atoms with van der Waals surface area (Å²) >= 11 is 0. The zero-order valence-electron chi connectivity index (χ0n) is 13.0. The van der Waals surface area contributed by atoms with E-state index in [1.54, 1.807) is 0 Å². The highest BCUT2D eigenvalue weighted by molar-refractivity contribution is 7.89. The number of sulfonamides is 1. The maximum Gasteiger partial charge on any atom is 0.244 e. The van der Waals surface area contributed by atoms with Crippen LogP contribution in [0, 0.1) is 11.6 Å². The van der Waals surface area contributed by atoms with Crippen LogP contribution in [-0.4, -0.2) is 19.3 Å². The summed E-state index contributed by atoms with van der Waals surface area (Å²) < 4.78 is 54.2. The molecule has 0 aromatic heterocycles. The lowest BCUT2D eigenvalue weighted by atomic mass is 10.1. The molecule has 0 aliphatic heterocycles. The van der Waals surface area contributed by atoms with E-state index in [-0.39, 0.29) is 17.5 Å². The Bertz CT molecular complexity index is 860. The van der Waals surface area contributed by atoms with Crippen molar-refractivity contribution in [2.24, 2.45) is 0 Å². The summed E-state index contributed by atoms with van der Waals surface area (Å²) in [5.41, 5.74) is 2.02. The third kappa shape index (κ3) is 2.99.